The van der Waals surface area contributed by atoms with E-state index in [1.165, 1.54) is 0 Å². The highest BCUT2D eigenvalue weighted by molar-refractivity contribution is 5.85. The molecule has 0 saturated carbocycles. The van der Waals surface area contributed by atoms with Gasteiger partial charge in [-0.15, -0.1) is 12.4 Å². The van der Waals surface area contributed by atoms with Gasteiger partial charge < -0.3 is 19.9 Å². The molecule has 0 atom stereocenters. The Morgan fingerprint density at radius 3 is 1.81 bits per heavy atom. The third kappa shape index (κ3) is 7.19. The Morgan fingerprint density at radius 2 is 1.50 bits per heavy atom. The summed E-state index contributed by atoms with van der Waals surface area (Å²) in [5.74, 6) is -0.941. The zero-order valence-electron chi connectivity index (χ0n) is 10.8. The third-order valence-corrected chi connectivity index (χ3v) is 2.10. The van der Waals surface area contributed by atoms with Crippen LogP contribution in [0.2, 0.25) is 0 Å². The van der Waals surface area contributed by atoms with Crippen molar-refractivity contribution in [2.24, 2.45) is 5.73 Å². The summed E-state index contributed by atoms with van der Waals surface area (Å²) in [6, 6.07) is 0. The van der Waals surface area contributed by atoms with Gasteiger partial charge in [0.05, 0.1) is 0 Å². The van der Waals surface area contributed by atoms with Crippen molar-refractivity contribution in [2.45, 2.75) is 38.2 Å². The lowest BCUT2D eigenvalue weighted by atomic mass is 10.1. The summed E-state index contributed by atoms with van der Waals surface area (Å²) in [5.41, 5.74) is 5.52. The normalized spacial score (nSPS) is 12.9. The summed E-state index contributed by atoms with van der Waals surface area (Å²) >= 11 is 0. The first-order valence-corrected chi connectivity index (χ1v) is 5.01. The molecular formula is C11H24ClNO3. The van der Waals surface area contributed by atoms with Crippen molar-refractivity contribution in [3.63, 3.8) is 0 Å². The summed E-state index contributed by atoms with van der Waals surface area (Å²) < 4.78 is 15.5. The molecule has 0 rings (SSSR count). The highest BCUT2D eigenvalue weighted by Gasteiger charge is 2.28. The Morgan fingerprint density at radius 1 is 1.06 bits per heavy atom. The molecule has 16 heavy (non-hydrogen) atoms. The number of nitrogens with two attached hydrogens (primary N) is 1. The third-order valence-electron chi connectivity index (χ3n) is 2.10. The van der Waals surface area contributed by atoms with Crippen LogP contribution in [0.5, 0.6) is 0 Å². The minimum Gasteiger partial charge on any atom is -0.331 e. The van der Waals surface area contributed by atoms with E-state index < -0.39 is 5.97 Å². The molecule has 4 nitrogen and oxygen atoms in total. The Hall–Kier alpha value is -0.130. The monoisotopic (exact) mass is 253 g/mol. The molecule has 98 valence electrons. The molecule has 0 radical (unpaired) electrons. The van der Waals surface area contributed by atoms with Gasteiger partial charge in [-0.25, -0.2) is 0 Å². The number of hydrogen-bond acceptors (Lipinski definition) is 4. The van der Waals surface area contributed by atoms with Crippen molar-refractivity contribution in [3.05, 3.63) is 12.2 Å². The lowest BCUT2D eigenvalue weighted by Gasteiger charge is -2.28. The molecular weight excluding hydrogens is 230 g/mol. The average Bonchev–Trinajstić information content (AvgIpc) is 2.18. The fourth-order valence-corrected chi connectivity index (χ4v) is 1.20. The largest absolute Gasteiger partial charge is 0.331 e. The zero-order valence-corrected chi connectivity index (χ0v) is 11.6. The highest BCUT2D eigenvalue weighted by atomic mass is 35.5. The van der Waals surface area contributed by atoms with Crippen LogP contribution >= 0.6 is 12.4 Å². The molecule has 0 fully saturated rings. The topological polar surface area (TPSA) is 53.7 Å². The summed E-state index contributed by atoms with van der Waals surface area (Å²) in [4.78, 5) is 0. The molecule has 0 aliphatic carbocycles. The number of rotatable bonds is 7. The number of hydrogen-bond donors (Lipinski definition) is 1. The van der Waals surface area contributed by atoms with Gasteiger partial charge >= 0.3 is 0 Å². The van der Waals surface area contributed by atoms with Crippen LogP contribution in [0.4, 0.5) is 0 Å². The second kappa shape index (κ2) is 8.03. The van der Waals surface area contributed by atoms with Gasteiger partial charge in [-0.2, -0.15) is 0 Å². The van der Waals surface area contributed by atoms with Gasteiger partial charge in [-0.1, -0.05) is 12.2 Å². The smallest absolute Gasteiger partial charge is 0.282 e. The molecule has 0 bridgehead atoms. The molecule has 5 heteroatoms. The van der Waals surface area contributed by atoms with Crippen molar-refractivity contribution in [1.29, 1.82) is 0 Å². The van der Waals surface area contributed by atoms with Crippen LogP contribution in [0.25, 0.3) is 0 Å². The van der Waals surface area contributed by atoms with Crippen LogP contribution in [0.3, 0.4) is 0 Å². The Kier molecular flexibility index (Phi) is 9.16. The van der Waals surface area contributed by atoms with E-state index in [9.17, 15) is 0 Å². The van der Waals surface area contributed by atoms with E-state index in [4.69, 9.17) is 19.9 Å². The molecule has 0 aliphatic rings. The summed E-state index contributed by atoms with van der Waals surface area (Å²) in [6.07, 6.45) is 5.38. The maximum atomic E-state index is 5.80. The summed E-state index contributed by atoms with van der Waals surface area (Å²) in [7, 11) is 4.68. The van der Waals surface area contributed by atoms with Crippen molar-refractivity contribution in [1.82, 2.24) is 0 Å². The van der Waals surface area contributed by atoms with E-state index in [2.05, 4.69) is 0 Å². The first-order valence-electron chi connectivity index (χ1n) is 5.01. The SMILES string of the molecule is COC(CCC=CC(C)(C)N)(OC)OC.Cl. The Balaban J connectivity index is 0. The van der Waals surface area contributed by atoms with E-state index in [0.29, 0.717) is 6.42 Å². The number of halogens is 1. The van der Waals surface area contributed by atoms with Crippen LogP contribution < -0.4 is 5.73 Å². The van der Waals surface area contributed by atoms with E-state index in [1.807, 2.05) is 26.0 Å². The van der Waals surface area contributed by atoms with Gasteiger partial charge in [0, 0.05) is 33.3 Å². The van der Waals surface area contributed by atoms with Crippen LogP contribution in [0.1, 0.15) is 26.7 Å². The van der Waals surface area contributed by atoms with Crippen molar-refractivity contribution in [3.8, 4) is 0 Å². The fourth-order valence-electron chi connectivity index (χ4n) is 1.20. The Bertz CT molecular complexity index is 190. The van der Waals surface area contributed by atoms with E-state index >= 15 is 0 Å². The zero-order chi connectivity index (χ0) is 11.9. The minimum absolute atomic E-state index is 0. The predicted molar refractivity (Wildman–Crippen MR) is 67.6 cm³/mol. The first-order chi connectivity index (χ1) is 6.89. The van der Waals surface area contributed by atoms with E-state index in [0.717, 1.165) is 6.42 Å². The number of methoxy groups -OCH3 is 3. The van der Waals surface area contributed by atoms with Crippen LogP contribution in [0, 0.1) is 0 Å². The maximum Gasteiger partial charge on any atom is 0.282 e. The fraction of sp³-hybridized carbons (Fsp3) is 0.818. The molecule has 0 aromatic heterocycles. The molecule has 0 amide bonds. The molecule has 0 aliphatic heterocycles. The van der Waals surface area contributed by atoms with Crippen LogP contribution in [0.15, 0.2) is 12.2 Å². The highest BCUT2D eigenvalue weighted by Crippen LogP contribution is 2.19. The maximum absolute atomic E-state index is 5.80. The first kappa shape index (κ1) is 18.2. The van der Waals surface area contributed by atoms with Crippen molar-refractivity contribution in [2.75, 3.05) is 21.3 Å². The van der Waals surface area contributed by atoms with Gasteiger partial charge in [-0.3, -0.25) is 0 Å². The van der Waals surface area contributed by atoms with Crippen LogP contribution in [-0.2, 0) is 14.2 Å². The second-order valence-corrected chi connectivity index (χ2v) is 4.06. The van der Waals surface area contributed by atoms with Crippen LogP contribution in [-0.4, -0.2) is 32.8 Å². The van der Waals surface area contributed by atoms with Gasteiger partial charge in [0.2, 0.25) is 0 Å². The van der Waals surface area contributed by atoms with Crippen molar-refractivity contribution < 1.29 is 14.2 Å². The van der Waals surface area contributed by atoms with Gasteiger partial charge in [0.15, 0.2) is 0 Å². The lowest BCUT2D eigenvalue weighted by Crippen LogP contribution is -2.35. The Labute approximate surface area is 105 Å². The molecule has 0 spiro atoms. The van der Waals surface area contributed by atoms with Gasteiger partial charge in [0.1, 0.15) is 0 Å². The molecule has 0 unspecified atom stereocenters. The lowest BCUT2D eigenvalue weighted by molar-refractivity contribution is -0.354. The average molecular weight is 254 g/mol. The van der Waals surface area contributed by atoms with Gasteiger partial charge in [-0.05, 0) is 20.3 Å². The number of ether oxygens (including phenoxy) is 3. The standard InChI is InChI=1S/C11H23NO3.ClH/c1-10(2,12)8-6-7-9-11(13-3,14-4)15-5;/h6,8H,7,9,12H2,1-5H3;1H. The van der Waals surface area contributed by atoms with Crippen molar-refractivity contribution >= 4 is 12.4 Å². The minimum atomic E-state index is -0.941. The second-order valence-electron chi connectivity index (χ2n) is 4.06. The van der Waals surface area contributed by atoms with Gasteiger partial charge in [0.25, 0.3) is 5.97 Å². The molecule has 0 aromatic rings. The van der Waals surface area contributed by atoms with E-state index in [-0.39, 0.29) is 17.9 Å². The predicted octanol–water partition coefficient (Wildman–Crippen LogP) is 2.07. The van der Waals surface area contributed by atoms with E-state index in [1.54, 1.807) is 21.3 Å². The number of allylic oxidation sites excluding steroid dienone is 1. The molecule has 2 N–H and O–H groups in total. The summed E-state index contributed by atoms with van der Waals surface area (Å²) in [6.45, 7) is 3.89. The molecule has 0 saturated heterocycles. The quantitative estimate of drug-likeness (QED) is 0.558. The molecule has 0 aromatic carbocycles. The molecule has 0 heterocycles. The summed E-state index contributed by atoms with van der Waals surface area (Å²) in [5, 5.41) is 0.